The molecule has 2 aromatic carbocycles. The van der Waals surface area contributed by atoms with E-state index in [9.17, 15) is 13.6 Å². The summed E-state index contributed by atoms with van der Waals surface area (Å²) in [5.74, 6) is -1.31. The Hall–Kier alpha value is -2.63. The third-order valence-electron chi connectivity index (χ3n) is 2.77. The lowest BCUT2D eigenvalue weighted by Gasteiger charge is -2.10. The summed E-state index contributed by atoms with van der Waals surface area (Å²) < 4.78 is 36.4. The molecule has 0 heterocycles. The highest BCUT2D eigenvalue weighted by molar-refractivity contribution is 6.04. The lowest BCUT2D eigenvalue weighted by atomic mass is 10.2. The molecule has 0 fully saturated rings. The Bertz CT molecular complexity index is 654. The van der Waals surface area contributed by atoms with Crippen LogP contribution >= 0.6 is 0 Å². The standard InChI is InChI=1S/C15H13F2NO3/c1-20-13-4-3-12(8-14(13)21-2)18-15(19)9-5-10(16)7-11(17)6-9/h3-8H,1-2H3,(H,18,19). The normalized spacial score (nSPS) is 10.1. The van der Waals surface area contributed by atoms with Crippen molar-refractivity contribution < 1.29 is 23.0 Å². The highest BCUT2D eigenvalue weighted by atomic mass is 19.1. The number of halogens is 2. The summed E-state index contributed by atoms with van der Waals surface area (Å²) in [5.41, 5.74) is 0.310. The van der Waals surface area contributed by atoms with Gasteiger partial charge in [-0.25, -0.2) is 8.78 Å². The number of ether oxygens (including phenoxy) is 2. The summed E-state index contributed by atoms with van der Waals surface area (Å²) in [6.45, 7) is 0. The van der Waals surface area contributed by atoms with Gasteiger partial charge < -0.3 is 14.8 Å². The molecule has 6 heteroatoms. The molecule has 110 valence electrons. The van der Waals surface area contributed by atoms with Crippen molar-refractivity contribution in [3.63, 3.8) is 0 Å². The zero-order valence-corrected chi connectivity index (χ0v) is 11.4. The highest BCUT2D eigenvalue weighted by Gasteiger charge is 2.11. The van der Waals surface area contributed by atoms with Gasteiger partial charge in [-0.15, -0.1) is 0 Å². The zero-order valence-electron chi connectivity index (χ0n) is 11.4. The van der Waals surface area contributed by atoms with Crippen molar-refractivity contribution in [1.82, 2.24) is 0 Å². The Morgan fingerprint density at radius 1 is 0.952 bits per heavy atom. The first kappa shape index (κ1) is 14.8. The molecule has 21 heavy (non-hydrogen) atoms. The second-order valence-electron chi connectivity index (χ2n) is 4.18. The predicted octanol–water partition coefficient (Wildman–Crippen LogP) is 3.23. The number of amides is 1. The van der Waals surface area contributed by atoms with Crippen molar-refractivity contribution in [2.24, 2.45) is 0 Å². The van der Waals surface area contributed by atoms with Crippen LogP contribution in [0.4, 0.5) is 14.5 Å². The van der Waals surface area contributed by atoms with E-state index in [1.54, 1.807) is 18.2 Å². The lowest BCUT2D eigenvalue weighted by molar-refractivity contribution is 0.102. The van der Waals surface area contributed by atoms with Gasteiger partial charge in [-0.05, 0) is 24.3 Å². The van der Waals surface area contributed by atoms with Crippen LogP contribution in [0.3, 0.4) is 0 Å². The monoisotopic (exact) mass is 293 g/mol. The number of anilines is 1. The van der Waals surface area contributed by atoms with Crippen molar-refractivity contribution in [3.8, 4) is 11.5 Å². The van der Waals surface area contributed by atoms with Gasteiger partial charge in [0.1, 0.15) is 11.6 Å². The molecule has 0 bridgehead atoms. The molecule has 1 amide bonds. The van der Waals surface area contributed by atoms with E-state index in [0.717, 1.165) is 12.1 Å². The number of benzene rings is 2. The molecule has 0 spiro atoms. The van der Waals surface area contributed by atoms with Gasteiger partial charge in [-0.1, -0.05) is 0 Å². The largest absolute Gasteiger partial charge is 0.493 e. The third kappa shape index (κ3) is 3.47. The Morgan fingerprint density at radius 3 is 2.14 bits per heavy atom. The van der Waals surface area contributed by atoms with E-state index in [0.29, 0.717) is 23.3 Å². The van der Waals surface area contributed by atoms with Gasteiger partial charge in [0.2, 0.25) is 0 Å². The Morgan fingerprint density at radius 2 is 1.57 bits per heavy atom. The number of carbonyl (C=O) groups excluding carboxylic acids is 1. The highest BCUT2D eigenvalue weighted by Crippen LogP contribution is 2.29. The smallest absolute Gasteiger partial charge is 0.255 e. The van der Waals surface area contributed by atoms with Crippen LogP contribution in [0.15, 0.2) is 36.4 Å². The minimum Gasteiger partial charge on any atom is -0.493 e. The molecule has 0 aliphatic carbocycles. The minimum absolute atomic E-state index is 0.109. The Kier molecular flexibility index (Phi) is 4.37. The van der Waals surface area contributed by atoms with E-state index in [1.807, 2.05) is 0 Å². The molecule has 0 aliphatic rings. The van der Waals surface area contributed by atoms with Crippen LogP contribution in [-0.4, -0.2) is 20.1 Å². The van der Waals surface area contributed by atoms with E-state index in [1.165, 1.54) is 14.2 Å². The first-order valence-electron chi connectivity index (χ1n) is 6.03. The molecule has 0 aromatic heterocycles. The molecular weight excluding hydrogens is 280 g/mol. The van der Waals surface area contributed by atoms with Crippen molar-refractivity contribution in [3.05, 3.63) is 53.6 Å². The van der Waals surface area contributed by atoms with Crippen molar-refractivity contribution in [2.45, 2.75) is 0 Å². The summed E-state index contributed by atoms with van der Waals surface area (Å²) in [7, 11) is 2.96. The van der Waals surface area contributed by atoms with Crippen LogP contribution < -0.4 is 14.8 Å². The van der Waals surface area contributed by atoms with Crippen molar-refractivity contribution in [1.29, 1.82) is 0 Å². The van der Waals surface area contributed by atoms with E-state index in [2.05, 4.69) is 5.32 Å². The average Bonchev–Trinajstić information content (AvgIpc) is 2.46. The fraction of sp³-hybridized carbons (Fsp3) is 0.133. The number of nitrogens with one attached hydrogen (secondary N) is 1. The fourth-order valence-corrected chi connectivity index (χ4v) is 1.80. The second kappa shape index (κ2) is 6.21. The molecule has 0 atom stereocenters. The average molecular weight is 293 g/mol. The number of hydrogen-bond acceptors (Lipinski definition) is 3. The van der Waals surface area contributed by atoms with Crippen LogP contribution in [0.2, 0.25) is 0 Å². The van der Waals surface area contributed by atoms with E-state index < -0.39 is 17.5 Å². The molecular formula is C15H13F2NO3. The molecule has 0 unspecified atom stereocenters. The van der Waals surface area contributed by atoms with Crippen LogP contribution in [0.1, 0.15) is 10.4 Å². The minimum atomic E-state index is -0.813. The summed E-state index contributed by atoms with van der Waals surface area (Å²) in [6, 6.07) is 7.37. The summed E-state index contributed by atoms with van der Waals surface area (Å²) >= 11 is 0. The van der Waals surface area contributed by atoms with E-state index in [-0.39, 0.29) is 5.56 Å². The number of rotatable bonds is 4. The lowest BCUT2D eigenvalue weighted by Crippen LogP contribution is -2.12. The summed E-state index contributed by atoms with van der Waals surface area (Å²) in [4.78, 5) is 12.0. The topological polar surface area (TPSA) is 47.6 Å². The first-order chi connectivity index (χ1) is 10.0. The van der Waals surface area contributed by atoms with Gasteiger partial charge in [0.25, 0.3) is 5.91 Å². The zero-order chi connectivity index (χ0) is 15.4. The molecule has 2 rings (SSSR count). The fourth-order valence-electron chi connectivity index (χ4n) is 1.80. The predicted molar refractivity (Wildman–Crippen MR) is 73.9 cm³/mol. The molecule has 1 N–H and O–H groups in total. The van der Waals surface area contributed by atoms with Crippen LogP contribution in [-0.2, 0) is 0 Å². The number of methoxy groups -OCH3 is 2. The van der Waals surface area contributed by atoms with Crippen LogP contribution in [0.25, 0.3) is 0 Å². The van der Waals surface area contributed by atoms with Gasteiger partial charge in [-0.3, -0.25) is 4.79 Å². The van der Waals surface area contributed by atoms with E-state index >= 15 is 0 Å². The van der Waals surface area contributed by atoms with Gasteiger partial charge in [0.15, 0.2) is 11.5 Å². The quantitative estimate of drug-likeness (QED) is 0.941. The van der Waals surface area contributed by atoms with Crippen LogP contribution in [0.5, 0.6) is 11.5 Å². The van der Waals surface area contributed by atoms with Crippen molar-refractivity contribution >= 4 is 11.6 Å². The molecule has 2 aromatic rings. The summed E-state index contributed by atoms with van der Waals surface area (Å²) in [5, 5.41) is 2.53. The molecule has 0 aliphatic heterocycles. The van der Waals surface area contributed by atoms with Gasteiger partial charge in [0.05, 0.1) is 14.2 Å². The Labute approximate surface area is 120 Å². The number of hydrogen-bond donors (Lipinski definition) is 1. The van der Waals surface area contributed by atoms with Gasteiger partial charge in [-0.2, -0.15) is 0 Å². The first-order valence-corrected chi connectivity index (χ1v) is 6.03. The van der Waals surface area contributed by atoms with Gasteiger partial charge in [0, 0.05) is 23.4 Å². The molecule has 0 saturated carbocycles. The maximum Gasteiger partial charge on any atom is 0.255 e. The van der Waals surface area contributed by atoms with Gasteiger partial charge >= 0.3 is 0 Å². The van der Waals surface area contributed by atoms with Crippen LogP contribution in [0, 0.1) is 11.6 Å². The maximum absolute atomic E-state index is 13.1. The number of carbonyl (C=O) groups is 1. The SMILES string of the molecule is COc1ccc(NC(=O)c2cc(F)cc(F)c2)cc1OC. The summed E-state index contributed by atoms with van der Waals surface area (Å²) in [6.07, 6.45) is 0. The molecule has 0 radical (unpaired) electrons. The third-order valence-corrected chi connectivity index (χ3v) is 2.77. The van der Waals surface area contributed by atoms with Crippen molar-refractivity contribution in [2.75, 3.05) is 19.5 Å². The molecule has 4 nitrogen and oxygen atoms in total. The van der Waals surface area contributed by atoms with E-state index in [4.69, 9.17) is 9.47 Å². The second-order valence-corrected chi connectivity index (χ2v) is 4.18. The maximum atomic E-state index is 13.1. The Balaban J connectivity index is 2.23. The molecule has 0 saturated heterocycles.